The lowest BCUT2D eigenvalue weighted by Crippen LogP contribution is -2.16. The van der Waals surface area contributed by atoms with E-state index in [9.17, 15) is 14.4 Å². The molecule has 1 amide bonds. The standard InChI is InChI=1S/C21H21N5O5S/c1-12-6-5-7-17(13(12)2)26-21(23-24-25-26)32-11-18(27)22-16-9-14(19(28)30-3)8-15(10-16)20(29)31-4/h5-10H,11H2,1-4H3,(H,22,27). The van der Waals surface area contributed by atoms with Crippen LogP contribution in [0.25, 0.3) is 5.69 Å². The third-order valence-electron chi connectivity index (χ3n) is 4.64. The number of carbonyl (C=O) groups excluding carboxylic acids is 3. The van der Waals surface area contributed by atoms with Gasteiger partial charge in [-0.15, -0.1) is 5.10 Å². The Morgan fingerprint density at radius 3 is 2.31 bits per heavy atom. The molecule has 3 rings (SSSR count). The molecule has 3 aromatic rings. The molecule has 0 aliphatic rings. The number of anilines is 1. The van der Waals surface area contributed by atoms with Gasteiger partial charge in [0.25, 0.3) is 0 Å². The van der Waals surface area contributed by atoms with Crippen LogP contribution in [-0.4, -0.2) is 58.0 Å². The summed E-state index contributed by atoms with van der Waals surface area (Å²) in [6.45, 7) is 3.97. The zero-order chi connectivity index (χ0) is 23.3. The van der Waals surface area contributed by atoms with E-state index in [1.54, 1.807) is 4.68 Å². The van der Waals surface area contributed by atoms with Gasteiger partial charge in [-0.1, -0.05) is 23.9 Å². The molecule has 10 nitrogen and oxygen atoms in total. The molecule has 32 heavy (non-hydrogen) atoms. The first-order valence-corrected chi connectivity index (χ1v) is 10.4. The zero-order valence-corrected chi connectivity index (χ0v) is 18.7. The number of nitrogens with one attached hydrogen (secondary N) is 1. The quantitative estimate of drug-likeness (QED) is 0.422. The Morgan fingerprint density at radius 2 is 1.69 bits per heavy atom. The third-order valence-corrected chi connectivity index (χ3v) is 5.56. The average molecular weight is 455 g/mol. The highest BCUT2D eigenvalue weighted by atomic mass is 32.2. The van der Waals surface area contributed by atoms with Gasteiger partial charge >= 0.3 is 11.9 Å². The summed E-state index contributed by atoms with van der Waals surface area (Å²) < 4.78 is 11.0. The third kappa shape index (κ3) is 5.11. The van der Waals surface area contributed by atoms with Crippen molar-refractivity contribution in [3.63, 3.8) is 0 Å². The number of esters is 2. The molecular formula is C21H21N5O5S. The lowest BCUT2D eigenvalue weighted by molar-refractivity contribution is -0.113. The van der Waals surface area contributed by atoms with E-state index >= 15 is 0 Å². The van der Waals surface area contributed by atoms with Crippen molar-refractivity contribution in [3.05, 3.63) is 58.7 Å². The molecule has 0 bridgehead atoms. The highest BCUT2D eigenvalue weighted by molar-refractivity contribution is 7.99. The van der Waals surface area contributed by atoms with E-state index < -0.39 is 11.9 Å². The Labute approximate surface area is 188 Å². The van der Waals surface area contributed by atoms with Gasteiger partial charge in [0.05, 0.1) is 36.8 Å². The second-order valence-electron chi connectivity index (χ2n) is 6.71. The van der Waals surface area contributed by atoms with Gasteiger partial charge in [0, 0.05) is 5.69 Å². The van der Waals surface area contributed by atoms with Crippen LogP contribution in [0.5, 0.6) is 0 Å². The number of carbonyl (C=O) groups is 3. The second kappa shape index (κ2) is 10.1. The molecular weight excluding hydrogens is 434 g/mol. The lowest BCUT2D eigenvalue weighted by Gasteiger charge is -2.10. The van der Waals surface area contributed by atoms with Crippen LogP contribution in [0, 0.1) is 13.8 Å². The Hall–Kier alpha value is -3.73. The van der Waals surface area contributed by atoms with Crippen LogP contribution in [0.3, 0.4) is 0 Å². The summed E-state index contributed by atoms with van der Waals surface area (Å²) in [5, 5.41) is 14.9. The molecule has 0 atom stereocenters. The molecule has 11 heteroatoms. The minimum absolute atomic E-state index is 0.00124. The fraction of sp³-hybridized carbons (Fsp3) is 0.238. The smallest absolute Gasteiger partial charge is 0.337 e. The summed E-state index contributed by atoms with van der Waals surface area (Å²) in [6.07, 6.45) is 0. The first-order chi connectivity index (χ1) is 15.3. The Morgan fingerprint density at radius 1 is 1.03 bits per heavy atom. The Kier molecular flexibility index (Phi) is 7.21. The van der Waals surface area contributed by atoms with Gasteiger partial charge < -0.3 is 14.8 Å². The van der Waals surface area contributed by atoms with Gasteiger partial charge in [0.15, 0.2) is 0 Å². The molecule has 1 N–H and O–H groups in total. The number of aryl methyl sites for hydroxylation is 1. The molecule has 0 saturated carbocycles. The number of thioether (sulfide) groups is 1. The molecule has 0 radical (unpaired) electrons. The molecule has 0 aliphatic heterocycles. The van der Waals surface area contributed by atoms with E-state index in [-0.39, 0.29) is 28.5 Å². The van der Waals surface area contributed by atoms with Gasteiger partial charge in [-0.2, -0.15) is 4.68 Å². The molecule has 2 aromatic carbocycles. The molecule has 1 heterocycles. The number of aromatic nitrogens is 4. The van der Waals surface area contributed by atoms with Crippen molar-refractivity contribution in [3.8, 4) is 5.69 Å². The van der Waals surface area contributed by atoms with Crippen LogP contribution in [0.2, 0.25) is 0 Å². The maximum atomic E-state index is 12.5. The van der Waals surface area contributed by atoms with E-state index in [1.807, 2.05) is 32.0 Å². The van der Waals surface area contributed by atoms with Crippen molar-refractivity contribution in [1.82, 2.24) is 20.2 Å². The Bertz CT molecular complexity index is 1140. The van der Waals surface area contributed by atoms with E-state index in [0.717, 1.165) is 28.6 Å². The summed E-state index contributed by atoms with van der Waals surface area (Å²) in [6, 6.07) is 9.97. The van der Waals surface area contributed by atoms with Crippen LogP contribution >= 0.6 is 11.8 Å². The minimum atomic E-state index is -0.645. The molecule has 0 spiro atoms. The topological polar surface area (TPSA) is 125 Å². The SMILES string of the molecule is COC(=O)c1cc(NC(=O)CSc2nnnn2-c2cccc(C)c2C)cc(C(=O)OC)c1. The summed E-state index contributed by atoms with van der Waals surface area (Å²) in [5.41, 5.74) is 3.42. The summed E-state index contributed by atoms with van der Waals surface area (Å²) in [5.74, 6) is -1.66. The van der Waals surface area contributed by atoms with Crippen molar-refractivity contribution in [2.24, 2.45) is 0 Å². The van der Waals surface area contributed by atoms with E-state index in [2.05, 4.69) is 20.8 Å². The number of tetrazole rings is 1. The minimum Gasteiger partial charge on any atom is -0.465 e. The Balaban J connectivity index is 1.75. The predicted octanol–water partition coefficient (Wildman–Crippen LogP) is 2.58. The van der Waals surface area contributed by atoms with Crippen molar-refractivity contribution < 1.29 is 23.9 Å². The maximum Gasteiger partial charge on any atom is 0.337 e. The van der Waals surface area contributed by atoms with Crippen molar-refractivity contribution in [2.45, 2.75) is 19.0 Å². The largest absolute Gasteiger partial charge is 0.465 e. The van der Waals surface area contributed by atoms with Gasteiger partial charge in [0.1, 0.15) is 0 Å². The number of nitrogens with zero attached hydrogens (tertiary/aromatic N) is 4. The summed E-state index contributed by atoms with van der Waals surface area (Å²) >= 11 is 1.15. The number of hydrogen-bond acceptors (Lipinski definition) is 9. The first kappa shape index (κ1) is 22.9. The average Bonchev–Trinajstić information content (AvgIpc) is 3.26. The van der Waals surface area contributed by atoms with Crippen LogP contribution in [0.1, 0.15) is 31.8 Å². The van der Waals surface area contributed by atoms with Crippen LogP contribution in [-0.2, 0) is 14.3 Å². The van der Waals surface area contributed by atoms with Crippen molar-refractivity contribution in [2.75, 3.05) is 25.3 Å². The molecule has 0 unspecified atom stereocenters. The fourth-order valence-corrected chi connectivity index (χ4v) is 3.57. The monoisotopic (exact) mass is 455 g/mol. The normalized spacial score (nSPS) is 10.5. The highest BCUT2D eigenvalue weighted by Gasteiger charge is 2.17. The van der Waals surface area contributed by atoms with Gasteiger partial charge in [0.2, 0.25) is 11.1 Å². The second-order valence-corrected chi connectivity index (χ2v) is 7.65. The number of ether oxygens (including phenoxy) is 2. The van der Waals surface area contributed by atoms with Gasteiger partial charge in [-0.25, -0.2) is 9.59 Å². The summed E-state index contributed by atoms with van der Waals surface area (Å²) in [7, 11) is 2.45. The number of rotatable bonds is 7. The van der Waals surface area contributed by atoms with Crippen molar-refractivity contribution >= 4 is 35.3 Å². The molecule has 166 valence electrons. The lowest BCUT2D eigenvalue weighted by atomic mass is 10.1. The molecule has 0 aliphatic carbocycles. The van der Waals surface area contributed by atoms with Crippen LogP contribution in [0.15, 0.2) is 41.6 Å². The zero-order valence-electron chi connectivity index (χ0n) is 17.9. The van der Waals surface area contributed by atoms with Gasteiger partial charge in [-0.05, 0) is 59.7 Å². The number of methoxy groups -OCH3 is 2. The fourth-order valence-electron chi connectivity index (χ4n) is 2.88. The molecule has 0 saturated heterocycles. The molecule has 0 fully saturated rings. The number of amides is 1. The highest BCUT2D eigenvalue weighted by Crippen LogP contribution is 2.23. The van der Waals surface area contributed by atoms with Crippen LogP contribution in [0.4, 0.5) is 5.69 Å². The number of benzene rings is 2. The molecule has 1 aromatic heterocycles. The van der Waals surface area contributed by atoms with E-state index in [1.165, 1.54) is 32.4 Å². The first-order valence-electron chi connectivity index (χ1n) is 9.43. The number of hydrogen-bond donors (Lipinski definition) is 1. The van der Waals surface area contributed by atoms with Gasteiger partial charge in [-0.3, -0.25) is 4.79 Å². The summed E-state index contributed by atoms with van der Waals surface area (Å²) in [4.78, 5) is 36.3. The maximum absolute atomic E-state index is 12.5. The van der Waals surface area contributed by atoms with Crippen LogP contribution < -0.4 is 5.32 Å². The van der Waals surface area contributed by atoms with Crippen molar-refractivity contribution in [1.29, 1.82) is 0 Å². The van der Waals surface area contributed by atoms with E-state index in [4.69, 9.17) is 9.47 Å². The van der Waals surface area contributed by atoms with E-state index in [0.29, 0.717) is 5.16 Å². The predicted molar refractivity (Wildman–Crippen MR) is 117 cm³/mol.